The van der Waals surface area contributed by atoms with Gasteiger partial charge in [-0.15, -0.1) is 18.2 Å². The molecule has 0 aromatic heterocycles. The van der Waals surface area contributed by atoms with E-state index in [1.54, 1.807) is 6.08 Å². The Bertz CT molecular complexity index is 148. The molecule has 0 heterocycles. The average Bonchev–Trinajstić information content (AvgIpc) is 1.78. The zero-order chi connectivity index (χ0) is 8.04. The summed E-state index contributed by atoms with van der Waals surface area (Å²) >= 11 is 1.82. The second-order valence-corrected chi connectivity index (χ2v) is 10.2. The molecule has 0 amide bonds. The summed E-state index contributed by atoms with van der Waals surface area (Å²) in [4.78, 5) is 0. The van der Waals surface area contributed by atoms with Crippen molar-refractivity contribution >= 4 is 19.8 Å². The zero-order valence-corrected chi connectivity index (χ0v) is 8.66. The number of thioether (sulfide) groups is 1. The van der Waals surface area contributed by atoms with Gasteiger partial charge in [0.2, 0.25) is 0 Å². The lowest BCUT2D eigenvalue weighted by atomic mass is 10.7. The van der Waals surface area contributed by atoms with Gasteiger partial charge in [0.15, 0.2) is 0 Å². The first kappa shape index (κ1) is 9.87. The molecule has 0 saturated heterocycles. The van der Waals surface area contributed by atoms with Gasteiger partial charge in [0.1, 0.15) is 0 Å². The molecule has 0 atom stereocenters. The van der Waals surface area contributed by atoms with Crippen LogP contribution in [0.15, 0.2) is 11.5 Å². The molecule has 0 saturated carbocycles. The third kappa shape index (κ3) is 7.87. The fourth-order valence-electron chi connectivity index (χ4n) is 0.386. The summed E-state index contributed by atoms with van der Waals surface area (Å²) in [6.45, 7) is 7.05. The summed E-state index contributed by atoms with van der Waals surface area (Å²) in [5.41, 5.74) is 0. The van der Waals surface area contributed by atoms with Crippen molar-refractivity contribution in [2.24, 2.45) is 0 Å². The molecule has 10 heavy (non-hydrogen) atoms. The maximum Gasteiger partial charge on any atom is 0.0552 e. The Morgan fingerprint density at radius 1 is 1.50 bits per heavy atom. The van der Waals surface area contributed by atoms with Crippen molar-refractivity contribution in [3.8, 4) is 12.3 Å². The van der Waals surface area contributed by atoms with Gasteiger partial charge < -0.3 is 0 Å². The number of allylic oxidation sites excluding steroid dienone is 1. The summed E-state index contributed by atoms with van der Waals surface area (Å²) in [5, 5.41) is 3.25. The number of terminal acetylenes is 1. The highest BCUT2D eigenvalue weighted by Gasteiger charge is 2.10. The Hall–Kier alpha value is -0.133. The monoisotopic (exact) mass is 170 g/mol. The number of rotatable bonds is 3. The minimum absolute atomic E-state index is 0.864. The molecule has 56 valence electrons. The molecular weight excluding hydrogens is 156 g/mol. The predicted octanol–water partition coefficient (Wildman–Crippen LogP) is 2.74. The van der Waals surface area contributed by atoms with E-state index in [0.29, 0.717) is 0 Å². The number of hydrogen-bond acceptors (Lipinski definition) is 1. The van der Waals surface area contributed by atoms with E-state index in [9.17, 15) is 0 Å². The van der Waals surface area contributed by atoms with Gasteiger partial charge in [0.05, 0.1) is 8.07 Å². The van der Waals surface area contributed by atoms with Crippen molar-refractivity contribution in [3.63, 3.8) is 0 Å². The molecule has 0 radical (unpaired) electrons. The quantitative estimate of drug-likeness (QED) is 0.463. The van der Waals surface area contributed by atoms with Crippen molar-refractivity contribution in [1.29, 1.82) is 0 Å². The van der Waals surface area contributed by atoms with E-state index >= 15 is 0 Å². The lowest BCUT2D eigenvalue weighted by Gasteiger charge is -2.12. The Morgan fingerprint density at radius 2 is 2.10 bits per heavy atom. The molecule has 0 nitrogen and oxygen atoms in total. The largest absolute Gasteiger partial charge is 0.137 e. The fraction of sp³-hybridized carbons (Fsp3) is 0.500. The van der Waals surface area contributed by atoms with Gasteiger partial charge in [-0.1, -0.05) is 25.6 Å². The topological polar surface area (TPSA) is 0 Å². The second-order valence-electron chi connectivity index (χ2n) is 3.34. The highest BCUT2D eigenvalue weighted by molar-refractivity contribution is 8.03. The third-order valence-corrected chi connectivity index (χ3v) is 5.24. The standard InChI is InChI=1S/C8H14SSi/c1-5-6-7-9-8-10(2,3)4/h1,6-7H,8H2,2-4H3/b7-6+. The molecule has 0 unspecified atom stereocenters. The summed E-state index contributed by atoms with van der Waals surface area (Å²) in [6, 6.07) is 0. The Kier molecular flexibility index (Phi) is 4.59. The van der Waals surface area contributed by atoms with Gasteiger partial charge in [0.25, 0.3) is 0 Å². The molecule has 0 spiro atoms. The van der Waals surface area contributed by atoms with Crippen LogP contribution in [0.1, 0.15) is 0 Å². The fourth-order valence-corrected chi connectivity index (χ4v) is 2.95. The van der Waals surface area contributed by atoms with Crippen LogP contribution in [-0.4, -0.2) is 13.5 Å². The van der Waals surface area contributed by atoms with Crippen LogP contribution in [-0.2, 0) is 0 Å². The first-order valence-corrected chi connectivity index (χ1v) is 8.04. The second kappa shape index (κ2) is 4.65. The number of hydrogen-bond donors (Lipinski definition) is 0. The third-order valence-electron chi connectivity index (χ3n) is 0.777. The lowest BCUT2D eigenvalue weighted by molar-refractivity contribution is 1.68. The summed E-state index contributed by atoms with van der Waals surface area (Å²) in [5.74, 6) is 2.47. The minimum atomic E-state index is -0.864. The van der Waals surface area contributed by atoms with E-state index in [1.165, 1.54) is 5.38 Å². The van der Waals surface area contributed by atoms with E-state index in [4.69, 9.17) is 6.42 Å². The molecule has 0 fully saturated rings. The highest BCUT2D eigenvalue weighted by Crippen LogP contribution is 2.11. The van der Waals surface area contributed by atoms with Crippen LogP contribution in [0.25, 0.3) is 0 Å². The summed E-state index contributed by atoms with van der Waals surface area (Å²) < 4.78 is 0. The summed E-state index contributed by atoms with van der Waals surface area (Å²) in [7, 11) is -0.864. The molecule has 0 aromatic carbocycles. The molecule has 2 heteroatoms. The van der Waals surface area contributed by atoms with Crippen molar-refractivity contribution < 1.29 is 0 Å². The van der Waals surface area contributed by atoms with Gasteiger partial charge >= 0.3 is 0 Å². The normalized spacial score (nSPS) is 11.8. The van der Waals surface area contributed by atoms with E-state index < -0.39 is 8.07 Å². The van der Waals surface area contributed by atoms with Gasteiger partial charge in [0, 0.05) is 0 Å². The van der Waals surface area contributed by atoms with E-state index in [0.717, 1.165) is 0 Å². The SMILES string of the molecule is C#C/C=C/SC[Si](C)(C)C. The summed E-state index contributed by atoms with van der Waals surface area (Å²) in [6.07, 6.45) is 6.79. The molecular formula is C8H14SSi. The molecule has 0 aliphatic heterocycles. The van der Waals surface area contributed by atoms with Crippen molar-refractivity contribution in [3.05, 3.63) is 11.5 Å². The molecule has 0 rings (SSSR count). The Balaban J connectivity index is 3.40. The van der Waals surface area contributed by atoms with Gasteiger partial charge in [-0.3, -0.25) is 0 Å². The Morgan fingerprint density at radius 3 is 2.50 bits per heavy atom. The maximum absolute atomic E-state index is 5.04. The molecule has 0 bridgehead atoms. The maximum atomic E-state index is 5.04. The van der Waals surface area contributed by atoms with Crippen molar-refractivity contribution in [2.75, 3.05) is 5.38 Å². The smallest absolute Gasteiger partial charge is 0.0552 e. The first-order valence-electron chi connectivity index (χ1n) is 3.29. The highest BCUT2D eigenvalue weighted by atomic mass is 32.2. The molecule has 0 aromatic rings. The Labute approximate surface area is 69.1 Å². The minimum Gasteiger partial charge on any atom is -0.137 e. The van der Waals surface area contributed by atoms with Gasteiger partial charge in [-0.2, -0.15) is 0 Å². The average molecular weight is 170 g/mol. The van der Waals surface area contributed by atoms with Crippen LogP contribution in [0.2, 0.25) is 19.6 Å². The molecule has 0 aliphatic rings. The van der Waals surface area contributed by atoms with Crippen molar-refractivity contribution in [2.45, 2.75) is 19.6 Å². The zero-order valence-electron chi connectivity index (χ0n) is 6.85. The van der Waals surface area contributed by atoms with Crippen LogP contribution in [0.3, 0.4) is 0 Å². The van der Waals surface area contributed by atoms with Crippen LogP contribution >= 0.6 is 11.8 Å². The van der Waals surface area contributed by atoms with E-state index in [2.05, 4.69) is 25.6 Å². The lowest BCUT2D eigenvalue weighted by Crippen LogP contribution is -2.23. The predicted molar refractivity (Wildman–Crippen MR) is 53.8 cm³/mol. The van der Waals surface area contributed by atoms with Gasteiger partial charge in [-0.25, -0.2) is 0 Å². The first-order chi connectivity index (χ1) is 4.56. The van der Waals surface area contributed by atoms with E-state index in [-0.39, 0.29) is 0 Å². The van der Waals surface area contributed by atoms with E-state index in [1.807, 2.05) is 17.2 Å². The van der Waals surface area contributed by atoms with Crippen LogP contribution < -0.4 is 0 Å². The molecule has 0 N–H and O–H groups in total. The molecule has 0 aliphatic carbocycles. The van der Waals surface area contributed by atoms with Crippen LogP contribution in [0.5, 0.6) is 0 Å². The van der Waals surface area contributed by atoms with Crippen LogP contribution in [0.4, 0.5) is 0 Å². The van der Waals surface area contributed by atoms with Crippen LogP contribution in [0, 0.1) is 12.3 Å². The van der Waals surface area contributed by atoms with Gasteiger partial charge in [-0.05, 0) is 16.9 Å². The van der Waals surface area contributed by atoms with Crippen molar-refractivity contribution in [1.82, 2.24) is 0 Å².